The summed E-state index contributed by atoms with van der Waals surface area (Å²) in [5, 5.41) is 3.52. The van der Waals surface area contributed by atoms with Crippen molar-refractivity contribution in [2.45, 2.75) is 58.8 Å². The predicted octanol–water partition coefficient (Wildman–Crippen LogP) is 3.28. The molecule has 1 spiro atoms. The first-order valence-corrected chi connectivity index (χ1v) is 8.65. The van der Waals surface area contributed by atoms with Gasteiger partial charge in [0.05, 0.1) is 0 Å². The van der Waals surface area contributed by atoms with E-state index in [9.17, 15) is 0 Å². The van der Waals surface area contributed by atoms with Crippen molar-refractivity contribution in [1.29, 1.82) is 0 Å². The highest BCUT2D eigenvalue weighted by atomic mass is 15.1. The molecule has 1 aliphatic carbocycles. The third-order valence-electron chi connectivity index (χ3n) is 6.85. The molecule has 110 valence electrons. The Hall–Kier alpha value is -0.0800. The zero-order valence-corrected chi connectivity index (χ0v) is 13.0. The van der Waals surface area contributed by atoms with Gasteiger partial charge in [-0.15, -0.1) is 0 Å². The van der Waals surface area contributed by atoms with Gasteiger partial charge in [0, 0.05) is 6.54 Å². The molecule has 3 rings (SSSR count). The van der Waals surface area contributed by atoms with E-state index in [0.717, 1.165) is 11.3 Å². The van der Waals surface area contributed by atoms with Crippen molar-refractivity contribution in [2.75, 3.05) is 32.7 Å². The summed E-state index contributed by atoms with van der Waals surface area (Å²) >= 11 is 0. The molecular formula is C17H32N2. The summed E-state index contributed by atoms with van der Waals surface area (Å²) in [4.78, 5) is 2.78. The van der Waals surface area contributed by atoms with Gasteiger partial charge in [0.25, 0.3) is 0 Å². The SMILES string of the molecule is CCC1(CC)CCN(CC2CC23CCNCC3)CC1. The second-order valence-electron chi connectivity index (χ2n) is 7.52. The fourth-order valence-electron chi connectivity index (χ4n) is 4.71. The van der Waals surface area contributed by atoms with E-state index in [-0.39, 0.29) is 0 Å². The van der Waals surface area contributed by atoms with Crippen LogP contribution in [-0.4, -0.2) is 37.6 Å². The molecule has 1 N–H and O–H groups in total. The van der Waals surface area contributed by atoms with Crippen LogP contribution in [0.5, 0.6) is 0 Å². The van der Waals surface area contributed by atoms with Gasteiger partial charge in [-0.2, -0.15) is 0 Å². The lowest BCUT2D eigenvalue weighted by Gasteiger charge is -2.41. The molecule has 3 aliphatic rings. The zero-order chi connectivity index (χ0) is 13.3. The van der Waals surface area contributed by atoms with Crippen molar-refractivity contribution in [3.05, 3.63) is 0 Å². The summed E-state index contributed by atoms with van der Waals surface area (Å²) in [7, 11) is 0. The van der Waals surface area contributed by atoms with Crippen molar-refractivity contribution in [3.63, 3.8) is 0 Å². The molecule has 0 aromatic heterocycles. The van der Waals surface area contributed by atoms with Gasteiger partial charge in [-0.05, 0) is 75.0 Å². The summed E-state index contributed by atoms with van der Waals surface area (Å²) < 4.78 is 0. The third-order valence-corrected chi connectivity index (χ3v) is 6.85. The highest BCUT2D eigenvalue weighted by Gasteiger charge is 2.54. The van der Waals surface area contributed by atoms with Crippen LogP contribution in [0, 0.1) is 16.7 Å². The highest BCUT2D eigenvalue weighted by molar-refractivity contribution is 5.05. The Bertz CT molecular complexity index is 292. The number of rotatable bonds is 4. The molecule has 2 aliphatic heterocycles. The molecule has 1 saturated carbocycles. The van der Waals surface area contributed by atoms with E-state index in [2.05, 4.69) is 24.1 Å². The van der Waals surface area contributed by atoms with Crippen molar-refractivity contribution in [2.24, 2.45) is 16.7 Å². The van der Waals surface area contributed by atoms with Crippen LogP contribution in [0.4, 0.5) is 0 Å². The fourth-order valence-corrected chi connectivity index (χ4v) is 4.71. The summed E-state index contributed by atoms with van der Waals surface area (Å²) in [5.74, 6) is 1.03. The Labute approximate surface area is 119 Å². The molecule has 2 heteroatoms. The maximum atomic E-state index is 3.52. The smallest absolute Gasteiger partial charge is 0.00152 e. The fraction of sp³-hybridized carbons (Fsp3) is 1.00. The Kier molecular flexibility index (Phi) is 3.92. The lowest BCUT2D eigenvalue weighted by molar-refractivity contribution is 0.0880. The van der Waals surface area contributed by atoms with Gasteiger partial charge in [-0.3, -0.25) is 0 Å². The number of likely N-dealkylation sites (tertiary alicyclic amines) is 1. The van der Waals surface area contributed by atoms with Crippen LogP contribution >= 0.6 is 0 Å². The minimum atomic E-state index is 0.687. The molecule has 0 aromatic carbocycles. The van der Waals surface area contributed by atoms with Crippen LogP contribution in [0.15, 0.2) is 0 Å². The summed E-state index contributed by atoms with van der Waals surface area (Å²) in [5.41, 5.74) is 1.46. The molecule has 2 nitrogen and oxygen atoms in total. The monoisotopic (exact) mass is 264 g/mol. The molecule has 1 unspecified atom stereocenters. The van der Waals surface area contributed by atoms with Crippen molar-refractivity contribution in [1.82, 2.24) is 10.2 Å². The highest BCUT2D eigenvalue weighted by Crippen LogP contribution is 2.58. The maximum Gasteiger partial charge on any atom is 0.00152 e. The Balaban J connectivity index is 1.46. The van der Waals surface area contributed by atoms with Gasteiger partial charge in [-0.25, -0.2) is 0 Å². The number of piperidine rings is 2. The van der Waals surface area contributed by atoms with E-state index >= 15 is 0 Å². The van der Waals surface area contributed by atoms with Gasteiger partial charge < -0.3 is 10.2 Å². The second-order valence-corrected chi connectivity index (χ2v) is 7.52. The molecule has 1 atom stereocenters. The second kappa shape index (κ2) is 5.37. The van der Waals surface area contributed by atoms with Gasteiger partial charge in [0.15, 0.2) is 0 Å². The first kappa shape index (κ1) is 13.9. The lowest BCUT2D eigenvalue weighted by atomic mass is 9.74. The van der Waals surface area contributed by atoms with Crippen LogP contribution < -0.4 is 5.32 Å². The van der Waals surface area contributed by atoms with Crippen molar-refractivity contribution in [3.8, 4) is 0 Å². The zero-order valence-electron chi connectivity index (χ0n) is 13.0. The molecule has 0 aromatic rings. The van der Waals surface area contributed by atoms with Crippen LogP contribution in [0.3, 0.4) is 0 Å². The number of hydrogen-bond donors (Lipinski definition) is 1. The molecule has 0 bridgehead atoms. The van der Waals surface area contributed by atoms with Gasteiger partial charge in [0.1, 0.15) is 0 Å². The van der Waals surface area contributed by atoms with E-state index in [0.29, 0.717) is 5.41 Å². The maximum absolute atomic E-state index is 3.52. The molecule has 3 fully saturated rings. The average Bonchev–Trinajstić information content (AvgIpc) is 3.12. The topological polar surface area (TPSA) is 15.3 Å². The number of nitrogens with zero attached hydrogens (tertiary/aromatic N) is 1. The van der Waals surface area contributed by atoms with Crippen molar-refractivity contribution >= 4 is 0 Å². The van der Waals surface area contributed by atoms with Gasteiger partial charge in [-0.1, -0.05) is 26.7 Å². The van der Waals surface area contributed by atoms with E-state index in [4.69, 9.17) is 0 Å². The molecular weight excluding hydrogens is 232 g/mol. The largest absolute Gasteiger partial charge is 0.317 e. The van der Waals surface area contributed by atoms with Gasteiger partial charge in [0.2, 0.25) is 0 Å². The van der Waals surface area contributed by atoms with E-state index in [1.165, 1.54) is 77.7 Å². The van der Waals surface area contributed by atoms with Crippen LogP contribution in [0.2, 0.25) is 0 Å². The molecule has 2 heterocycles. The van der Waals surface area contributed by atoms with E-state index in [1.807, 2.05) is 0 Å². The predicted molar refractivity (Wildman–Crippen MR) is 81.3 cm³/mol. The average molecular weight is 264 g/mol. The van der Waals surface area contributed by atoms with Crippen LogP contribution in [-0.2, 0) is 0 Å². The normalized spacial score (nSPS) is 33.5. The minimum Gasteiger partial charge on any atom is -0.317 e. The first-order chi connectivity index (χ1) is 9.22. The standard InChI is InChI=1S/C17H32N2/c1-3-16(4-2)7-11-19(12-8-16)14-15-13-17(15)5-9-18-10-6-17/h15,18H,3-14H2,1-2H3. The van der Waals surface area contributed by atoms with Crippen LogP contribution in [0.1, 0.15) is 58.8 Å². The lowest BCUT2D eigenvalue weighted by Crippen LogP contribution is -2.41. The van der Waals surface area contributed by atoms with Crippen molar-refractivity contribution < 1.29 is 0 Å². The molecule has 19 heavy (non-hydrogen) atoms. The Morgan fingerprint density at radius 1 is 1.00 bits per heavy atom. The summed E-state index contributed by atoms with van der Waals surface area (Å²) in [6.07, 6.45) is 10.1. The molecule has 0 radical (unpaired) electrons. The number of nitrogens with one attached hydrogen (secondary N) is 1. The Morgan fingerprint density at radius 3 is 2.21 bits per heavy atom. The third kappa shape index (κ3) is 2.71. The minimum absolute atomic E-state index is 0.687. The van der Waals surface area contributed by atoms with Crippen LogP contribution in [0.25, 0.3) is 0 Å². The van der Waals surface area contributed by atoms with E-state index in [1.54, 1.807) is 0 Å². The number of hydrogen-bond acceptors (Lipinski definition) is 2. The Morgan fingerprint density at radius 2 is 1.63 bits per heavy atom. The molecule has 0 amide bonds. The quantitative estimate of drug-likeness (QED) is 0.838. The van der Waals surface area contributed by atoms with E-state index < -0.39 is 0 Å². The van der Waals surface area contributed by atoms with Gasteiger partial charge >= 0.3 is 0 Å². The summed E-state index contributed by atoms with van der Waals surface area (Å²) in [6.45, 7) is 11.5. The summed E-state index contributed by atoms with van der Waals surface area (Å²) in [6, 6.07) is 0. The molecule has 2 saturated heterocycles. The first-order valence-electron chi connectivity index (χ1n) is 8.65.